The summed E-state index contributed by atoms with van der Waals surface area (Å²) in [7, 11) is 0. The van der Waals surface area contributed by atoms with Crippen LogP contribution in [0.1, 0.15) is 22.8 Å². The minimum Gasteiger partial charge on any atom is -0.478 e. The standard InChI is InChI=1S/C13H14N4O2/c18-13(19)10-3-1-9(2-4-10)12-8-15-16-17(12)11-5-6-14-7-11/h1-4,8,11,14H,5-7H2,(H,18,19). The van der Waals surface area contributed by atoms with E-state index >= 15 is 0 Å². The Bertz CT molecular complexity index is 585. The maximum atomic E-state index is 10.8. The third-order valence-electron chi connectivity index (χ3n) is 3.38. The van der Waals surface area contributed by atoms with E-state index < -0.39 is 5.97 Å². The number of carboxylic acid groups (broad SMARTS) is 1. The van der Waals surface area contributed by atoms with Crippen molar-refractivity contribution in [2.24, 2.45) is 0 Å². The number of hydrogen-bond donors (Lipinski definition) is 2. The summed E-state index contributed by atoms with van der Waals surface area (Å²) >= 11 is 0. The highest BCUT2D eigenvalue weighted by atomic mass is 16.4. The highest BCUT2D eigenvalue weighted by Gasteiger charge is 2.20. The first kappa shape index (κ1) is 11.9. The van der Waals surface area contributed by atoms with E-state index in [2.05, 4.69) is 15.6 Å². The molecule has 19 heavy (non-hydrogen) atoms. The summed E-state index contributed by atoms with van der Waals surface area (Å²) in [5.41, 5.74) is 2.14. The van der Waals surface area contributed by atoms with E-state index in [-0.39, 0.29) is 5.56 Å². The summed E-state index contributed by atoms with van der Waals surface area (Å²) in [6.45, 7) is 1.88. The molecule has 3 rings (SSSR count). The Balaban J connectivity index is 1.93. The molecule has 1 atom stereocenters. The molecule has 2 aromatic rings. The molecular weight excluding hydrogens is 244 g/mol. The molecule has 1 aliphatic rings. The third-order valence-corrected chi connectivity index (χ3v) is 3.38. The number of carbonyl (C=O) groups is 1. The number of carboxylic acids is 1. The van der Waals surface area contributed by atoms with Crippen molar-refractivity contribution in [3.8, 4) is 11.3 Å². The predicted molar refractivity (Wildman–Crippen MR) is 68.9 cm³/mol. The Morgan fingerprint density at radius 1 is 1.37 bits per heavy atom. The Morgan fingerprint density at radius 3 is 2.79 bits per heavy atom. The van der Waals surface area contributed by atoms with E-state index in [9.17, 15) is 4.79 Å². The summed E-state index contributed by atoms with van der Waals surface area (Å²) in [4.78, 5) is 10.8. The average molecular weight is 258 g/mol. The predicted octanol–water partition coefficient (Wildman–Crippen LogP) is 1.18. The fourth-order valence-electron chi connectivity index (χ4n) is 2.35. The molecule has 0 bridgehead atoms. The smallest absolute Gasteiger partial charge is 0.335 e. The molecule has 0 radical (unpaired) electrons. The van der Waals surface area contributed by atoms with Crippen molar-refractivity contribution in [2.75, 3.05) is 13.1 Å². The summed E-state index contributed by atoms with van der Waals surface area (Å²) in [6.07, 6.45) is 2.75. The zero-order chi connectivity index (χ0) is 13.2. The van der Waals surface area contributed by atoms with Gasteiger partial charge in [0.1, 0.15) is 0 Å². The van der Waals surface area contributed by atoms with Crippen LogP contribution in [0.5, 0.6) is 0 Å². The molecule has 1 unspecified atom stereocenters. The first-order chi connectivity index (χ1) is 9.25. The van der Waals surface area contributed by atoms with Gasteiger partial charge in [0.05, 0.1) is 23.5 Å². The molecule has 2 N–H and O–H groups in total. The van der Waals surface area contributed by atoms with Crippen molar-refractivity contribution in [1.82, 2.24) is 20.3 Å². The van der Waals surface area contributed by atoms with Gasteiger partial charge in [-0.05, 0) is 25.1 Å². The van der Waals surface area contributed by atoms with Gasteiger partial charge in [-0.2, -0.15) is 0 Å². The number of benzene rings is 1. The van der Waals surface area contributed by atoms with Crippen LogP contribution in [0, 0.1) is 0 Å². The molecule has 2 heterocycles. The zero-order valence-electron chi connectivity index (χ0n) is 10.3. The van der Waals surface area contributed by atoms with Gasteiger partial charge >= 0.3 is 5.97 Å². The van der Waals surface area contributed by atoms with Gasteiger partial charge in [-0.15, -0.1) is 5.10 Å². The number of aromatic carboxylic acids is 1. The first-order valence-electron chi connectivity index (χ1n) is 6.20. The van der Waals surface area contributed by atoms with Crippen LogP contribution in [0.2, 0.25) is 0 Å². The maximum absolute atomic E-state index is 10.8. The van der Waals surface area contributed by atoms with Crippen molar-refractivity contribution in [3.05, 3.63) is 36.0 Å². The first-order valence-corrected chi connectivity index (χ1v) is 6.20. The average Bonchev–Trinajstić information content (AvgIpc) is 3.09. The second kappa shape index (κ2) is 4.81. The van der Waals surface area contributed by atoms with E-state index in [4.69, 9.17) is 5.11 Å². The topological polar surface area (TPSA) is 80.0 Å². The van der Waals surface area contributed by atoms with Gasteiger partial charge < -0.3 is 10.4 Å². The van der Waals surface area contributed by atoms with Crippen molar-refractivity contribution < 1.29 is 9.90 Å². The Hall–Kier alpha value is -2.21. The van der Waals surface area contributed by atoms with Crippen LogP contribution < -0.4 is 5.32 Å². The third kappa shape index (κ3) is 2.22. The van der Waals surface area contributed by atoms with E-state index in [1.807, 2.05) is 4.68 Å². The van der Waals surface area contributed by atoms with E-state index in [1.54, 1.807) is 30.5 Å². The summed E-state index contributed by atoms with van der Waals surface area (Å²) in [5.74, 6) is -0.918. The molecule has 1 aromatic carbocycles. The molecule has 0 saturated carbocycles. The Labute approximate surface area is 110 Å². The summed E-state index contributed by atoms with van der Waals surface area (Å²) in [6, 6.07) is 7.10. The van der Waals surface area contributed by atoms with Crippen molar-refractivity contribution in [2.45, 2.75) is 12.5 Å². The molecular formula is C13H14N4O2. The minimum absolute atomic E-state index is 0.283. The number of aromatic nitrogens is 3. The molecule has 98 valence electrons. The quantitative estimate of drug-likeness (QED) is 0.864. The van der Waals surface area contributed by atoms with Crippen LogP contribution in [-0.4, -0.2) is 39.2 Å². The lowest BCUT2D eigenvalue weighted by Crippen LogP contribution is -2.15. The second-order valence-electron chi connectivity index (χ2n) is 4.59. The second-order valence-corrected chi connectivity index (χ2v) is 4.59. The fourth-order valence-corrected chi connectivity index (χ4v) is 2.35. The van der Waals surface area contributed by atoms with E-state index in [0.29, 0.717) is 6.04 Å². The molecule has 1 saturated heterocycles. The SMILES string of the molecule is O=C(O)c1ccc(-c2cnnn2C2CCNC2)cc1. The van der Waals surface area contributed by atoms with Crippen molar-refractivity contribution in [3.63, 3.8) is 0 Å². The monoisotopic (exact) mass is 258 g/mol. The van der Waals surface area contributed by atoms with Crippen molar-refractivity contribution >= 4 is 5.97 Å². The van der Waals surface area contributed by atoms with Gasteiger partial charge in [-0.1, -0.05) is 17.3 Å². The van der Waals surface area contributed by atoms with Gasteiger partial charge in [0.2, 0.25) is 0 Å². The van der Waals surface area contributed by atoms with Crippen LogP contribution in [-0.2, 0) is 0 Å². The zero-order valence-corrected chi connectivity index (χ0v) is 10.3. The fraction of sp³-hybridized carbons (Fsp3) is 0.308. The van der Waals surface area contributed by atoms with Crippen LogP contribution in [0.25, 0.3) is 11.3 Å². The van der Waals surface area contributed by atoms with Gasteiger partial charge in [-0.25, -0.2) is 9.48 Å². The molecule has 1 aliphatic heterocycles. The molecule has 1 fully saturated rings. The van der Waals surface area contributed by atoms with E-state index in [0.717, 1.165) is 30.8 Å². The van der Waals surface area contributed by atoms with Crippen LogP contribution in [0.4, 0.5) is 0 Å². The number of nitrogens with one attached hydrogen (secondary N) is 1. The largest absolute Gasteiger partial charge is 0.478 e. The lowest BCUT2D eigenvalue weighted by atomic mass is 10.1. The van der Waals surface area contributed by atoms with Crippen molar-refractivity contribution in [1.29, 1.82) is 0 Å². The van der Waals surface area contributed by atoms with Crippen LogP contribution >= 0.6 is 0 Å². The lowest BCUT2D eigenvalue weighted by Gasteiger charge is -2.12. The summed E-state index contributed by atoms with van der Waals surface area (Å²) < 4.78 is 1.91. The minimum atomic E-state index is -0.918. The molecule has 1 aromatic heterocycles. The van der Waals surface area contributed by atoms with E-state index in [1.165, 1.54) is 0 Å². The molecule has 6 nitrogen and oxygen atoms in total. The normalized spacial score (nSPS) is 18.6. The highest BCUT2D eigenvalue weighted by Crippen LogP contribution is 2.24. The lowest BCUT2D eigenvalue weighted by molar-refractivity contribution is 0.0697. The number of hydrogen-bond acceptors (Lipinski definition) is 4. The molecule has 6 heteroatoms. The number of nitrogens with zero attached hydrogens (tertiary/aromatic N) is 3. The van der Waals surface area contributed by atoms with Gasteiger partial charge in [0.25, 0.3) is 0 Å². The molecule has 0 spiro atoms. The molecule has 0 aliphatic carbocycles. The maximum Gasteiger partial charge on any atom is 0.335 e. The van der Waals surface area contributed by atoms with Gasteiger partial charge in [0.15, 0.2) is 0 Å². The van der Waals surface area contributed by atoms with Gasteiger partial charge in [0, 0.05) is 12.1 Å². The van der Waals surface area contributed by atoms with Crippen LogP contribution in [0.3, 0.4) is 0 Å². The Morgan fingerprint density at radius 2 is 2.16 bits per heavy atom. The van der Waals surface area contributed by atoms with Gasteiger partial charge in [-0.3, -0.25) is 0 Å². The summed E-state index contributed by atoms with van der Waals surface area (Å²) in [5, 5.41) is 20.3. The molecule has 0 amide bonds. The highest BCUT2D eigenvalue weighted by molar-refractivity contribution is 5.88. The Kier molecular flexibility index (Phi) is 3.00. The van der Waals surface area contributed by atoms with Crippen LogP contribution in [0.15, 0.2) is 30.5 Å². The number of rotatable bonds is 3.